The zero-order chi connectivity index (χ0) is 12.8. The third-order valence-electron chi connectivity index (χ3n) is 1.66. The Morgan fingerprint density at radius 1 is 1.29 bits per heavy atom. The van der Waals surface area contributed by atoms with Gasteiger partial charge in [-0.15, -0.1) is 11.8 Å². The number of rotatable bonds is 5. The summed E-state index contributed by atoms with van der Waals surface area (Å²) in [6, 6.07) is 2.77. The van der Waals surface area contributed by atoms with Crippen molar-refractivity contribution in [1.82, 2.24) is 0 Å². The van der Waals surface area contributed by atoms with Crippen LogP contribution in [0.4, 0.5) is 14.5 Å². The Morgan fingerprint density at radius 2 is 2.00 bits per heavy atom. The molecule has 0 atom stereocenters. The lowest BCUT2D eigenvalue weighted by Crippen LogP contribution is -2.16. The van der Waals surface area contributed by atoms with E-state index in [4.69, 9.17) is 5.11 Å². The Balaban J connectivity index is 2.48. The number of amides is 1. The zero-order valence-corrected chi connectivity index (χ0v) is 9.39. The zero-order valence-electron chi connectivity index (χ0n) is 8.57. The number of hydrogen-bond acceptors (Lipinski definition) is 3. The number of anilines is 1. The number of carboxylic acid groups (broad SMARTS) is 1. The lowest BCUT2D eigenvalue weighted by atomic mass is 10.3. The number of nitrogens with one attached hydrogen (secondary N) is 1. The Hall–Kier alpha value is -1.63. The number of carbonyl (C=O) groups excluding carboxylic acids is 1. The van der Waals surface area contributed by atoms with Gasteiger partial charge in [0.05, 0.1) is 17.2 Å². The molecule has 0 saturated carbocycles. The molecule has 0 aliphatic rings. The molecule has 0 bridgehead atoms. The minimum atomic E-state index is -1.03. The predicted molar refractivity (Wildman–Crippen MR) is 59.9 cm³/mol. The Morgan fingerprint density at radius 3 is 2.59 bits per heavy atom. The van der Waals surface area contributed by atoms with Gasteiger partial charge in [0.2, 0.25) is 5.91 Å². The van der Waals surface area contributed by atoms with E-state index in [0.29, 0.717) is 6.07 Å². The highest BCUT2D eigenvalue weighted by molar-refractivity contribution is 8.00. The van der Waals surface area contributed by atoms with E-state index in [9.17, 15) is 18.4 Å². The summed E-state index contributed by atoms with van der Waals surface area (Å²) in [6.45, 7) is 0. The van der Waals surface area contributed by atoms with E-state index in [1.807, 2.05) is 0 Å². The maximum atomic E-state index is 13.1. The van der Waals surface area contributed by atoms with E-state index in [-0.39, 0.29) is 17.2 Å². The van der Waals surface area contributed by atoms with Gasteiger partial charge in [-0.2, -0.15) is 0 Å². The standard InChI is InChI=1S/C10H9F2NO3S/c11-6-1-2-8(7(12)3-6)13-9(14)4-17-5-10(15)16/h1-3H,4-5H2,(H,13,14)(H,15,16). The summed E-state index contributed by atoms with van der Waals surface area (Å²) in [5.41, 5.74) is -0.132. The average molecular weight is 261 g/mol. The van der Waals surface area contributed by atoms with Crippen LogP contribution in [0.1, 0.15) is 0 Å². The van der Waals surface area contributed by atoms with Crippen molar-refractivity contribution < 1.29 is 23.5 Å². The SMILES string of the molecule is O=C(O)CSCC(=O)Nc1ccc(F)cc1F. The molecule has 2 N–H and O–H groups in total. The number of thioether (sulfide) groups is 1. The van der Waals surface area contributed by atoms with Crippen LogP contribution >= 0.6 is 11.8 Å². The molecule has 4 nitrogen and oxygen atoms in total. The summed E-state index contributed by atoms with van der Waals surface area (Å²) in [5, 5.41) is 10.6. The first-order valence-corrected chi connectivity index (χ1v) is 5.69. The molecule has 1 aromatic rings. The van der Waals surface area contributed by atoms with E-state index in [1.165, 1.54) is 0 Å². The molecule has 0 aromatic heterocycles. The molecule has 0 fully saturated rings. The number of halogens is 2. The molecule has 1 rings (SSSR count). The first kappa shape index (κ1) is 13.4. The molecule has 17 heavy (non-hydrogen) atoms. The number of carboxylic acids is 1. The van der Waals surface area contributed by atoms with E-state index < -0.39 is 23.5 Å². The quantitative estimate of drug-likeness (QED) is 0.847. The van der Waals surface area contributed by atoms with Crippen LogP contribution in [0.25, 0.3) is 0 Å². The highest BCUT2D eigenvalue weighted by Crippen LogP contribution is 2.15. The van der Waals surface area contributed by atoms with Crippen LogP contribution < -0.4 is 5.32 Å². The van der Waals surface area contributed by atoms with Crippen molar-refractivity contribution in [3.05, 3.63) is 29.8 Å². The van der Waals surface area contributed by atoms with Gasteiger partial charge in [0, 0.05) is 6.07 Å². The van der Waals surface area contributed by atoms with Gasteiger partial charge in [-0.3, -0.25) is 9.59 Å². The molecule has 0 aliphatic carbocycles. The van der Waals surface area contributed by atoms with E-state index in [1.54, 1.807) is 0 Å². The van der Waals surface area contributed by atoms with Gasteiger partial charge < -0.3 is 10.4 Å². The molecule has 7 heteroatoms. The second-order valence-corrected chi connectivity index (χ2v) is 4.04. The van der Waals surface area contributed by atoms with E-state index in [2.05, 4.69) is 5.32 Å². The van der Waals surface area contributed by atoms with Crippen molar-refractivity contribution in [3.63, 3.8) is 0 Å². The molecule has 1 amide bonds. The Labute approximate surface area is 100 Å². The van der Waals surface area contributed by atoms with Gasteiger partial charge >= 0.3 is 5.97 Å². The van der Waals surface area contributed by atoms with Crippen LogP contribution in [0.3, 0.4) is 0 Å². The van der Waals surface area contributed by atoms with Crippen LogP contribution in [-0.4, -0.2) is 28.5 Å². The van der Waals surface area contributed by atoms with Crippen LogP contribution in [-0.2, 0) is 9.59 Å². The highest BCUT2D eigenvalue weighted by atomic mass is 32.2. The summed E-state index contributed by atoms with van der Waals surface area (Å²) >= 11 is 0.890. The summed E-state index contributed by atoms with van der Waals surface area (Å²) in [6.07, 6.45) is 0. The fraction of sp³-hybridized carbons (Fsp3) is 0.200. The maximum absolute atomic E-state index is 13.1. The molecule has 0 unspecified atom stereocenters. The number of hydrogen-bond donors (Lipinski definition) is 2. The van der Waals surface area contributed by atoms with E-state index in [0.717, 1.165) is 23.9 Å². The third kappa shape index (κ3) is 4.81. The summed E-state index contributed by atoms with van der Waals surface area (Å²) in [4.78, 5) is 21.4. The van der Waals surface area contributed by atoms with Gasteiger partial charge in [0.1, 0.15) is 11.6 Å². The first-order valence-electron chi connectivity index (χ1n) is 4.53. The van der Waals surface area contributed by atoms with Gasteiger partial charge in [-0.1, -0.05) is 0 Å². The Bertz CT molecular complexity index is 440. The van der Waals surface area contributed by atoms with Crippen LogP contribution in [0, 0.1) is 11.6 Å². The van der Waals surface area contributed by atoms with Crippen molar-refractivity contribution in [1.29, 1.82) is 0 Å². The van der Waals surface area contributed by atoms with Crippen molar-refractivity contribution in [2.24, 2.45) is 0 Å². The third-order valence-corrected chi connectivity index (χ3v) is 2.58. The fourth-order valence-electron chi connectivity index (χ4n) is 1.01. The van der Waals surface area contributed by atoms with Gasteiger partial charge in [0.25, 0.3) is 0 Å². The van der Waals surface area contributed by atoms with Gasteiger partial charge in [0.15, 0.2) is 0 Å². The van der Waals surface area contributed by atoms with Crippen molar-refractivity contribution >= 4 is 29.3 Å². The molecular weight excluding hydrogens is 252 g/mol. The first-order chi connectivity index (χ1) is 7.99. The molecule has 0 aliphatic heterocycles. The summed E-state index contributed by atoms with van der Waals surface area (Å²) in [7, 11) is 0. The highest BCUT2D eigenvalue weighted by Gasteiger charge is 2.08. The van der Waals surface area contributed by atoms with Crippen LogP contribution in [0.15, 0.2) is 18.2 Å². The number of carbonyl (C=O) groups is 2. The molecule has 0 spiro atoms. The van der Waals surface area contributed by atoms with E-state index >= 15 is 0 Å². The van der Waals surface area contributed by atoms with Crippen LogP contribution in [0.5, 0.6) is 0 Å². The summed E-state index contributed by atoms with van der Waals surface area (Å²) < 4.78 is 25.7. The van der Waals surface area contributed by atoms with Crippen molar-refractivity contribution in [2.75, 3.05) is 16.8 Å². The lowest BCUT2D eigenvalue weighted by Gasteiger charge is -2.05. The molecular formula is C10H9F2NO3S. The summed E-state index contributed by atoms with van der Waals surface area (Å²) in [5.74, 6) is -3.50. The minimum Gasteiger partial charge on any atom is -0.481 e. The smallest absolute Gasteiger partial charge is 0.313 e. The largest absolute Gasteiger partial charge is 0.481 e. The monoisotopic (exact) mass is 261 g/mol. The second-order valence-electron chi connectivity index (χ2n) is 3.06. The normalized spacial score (nSPS) is 10.0. The number of aliphatic carboxylic acids is 1. The average Bonchev–Trinajstić information content (AvgIpc) is 2.21. The molecule has 0 heterocycles. The van der Waals surface area contributed by atoms with Crippen molar-refractivity contribution in [3.8, 4) is 0 Å². The number of benzene rings is 1. The minimum absolute atomic E-state index is 0.108. The fourth-order valence-corrected chi connectivity index (χ4v) is 1.54. The maximum Gasteiger partial charge on any atom is 0.313 e. The molecule has 92 valence electrons. The second kappa shape index (κ2) is 6.19. The predicted octanol–water partition coefficient (Wildman–Crippen LogP) is 1.72. The molecule has 0 radical (unpaired) electrons. The lowest BCUT2D eigenvalue weighted by molar-refractivity contribution is -0.133. The van der Waals surface area contributed by atoms with Gasteiger partial charge in [-0.25, -0.2) is 8.78 Å². The van der Waals surface area contributed by atoms with Crippen molar-refractivity contribution in [2.45, 2.75) is 0 Å². The van der Waals surface area contributed by atoms with Gasteiger partial charge in [-0.05, 0) is 12.1 Å². The Kier molecular flexibility index (Phi) is 4.89. The van der Waals surface area contributed by atoms with Crippen LogP contribution in [0.2, 0.25) is 0 Å². The molecule has 0 saturated heterocycles. The topological polar surface area (TPSA) is 66.4 Å². The molecule has 1 aromatic carbocycles.